The van der Waals surface area contributed by atoms with E-state index in [9.17, 15) is 4.57 Å². The lowest BCUT2D eigenvalue weighted by atomic mass is 10.0. The summed E-state index contributed by atoms with van der Waals surface area (Å²) in [4.78, 5) is 17.3. The predicted octanol–water partition coefficient (Wildman–Crippen LogP) is 5.43. The fraction of sp³-hybridized carbons (Fsp3) is 0.556. The van der Waals surface area contributed by atoms with E-state index in [1.165, 1.54) is 50.5 Å². The smallest absolute Gasteiger partial charge is 0.321 e. The summed E-state index contributed by atoms with van der Waals surface area (Å²) in [6.45, 7) is 0. The number of hydrogen-bond donors (Lipinski definition) is 2. The van der Waals surface area contributed by atoms with Gasteiger partial charge in [0.2, 0.25) is 0 Å². The van der Waals surface area contributed by atoms with Gasteiger partial charge in [0.05, 0.1) is 0 Å². The molecule has 0 aliphatic carbocycles. The van der Waals surface area contributed by atoms with Gasteiger partial charge in [-0.15, -0.1) is 0 Å². The highest BCUT2D eigenvalue weighted by atomic mass is 31.2. The van der Waals surface area contributed by atoms with Crippen molar-refractivity contribution in [3.05, 3.63) is 47.8 Å². The minimum absolute atomic E-state index is 0.766. The molecule has 0 bridgehead atoms. The highest BCUT2D eigenvalue weighted by Crippen LogP contribution is 2.36. The third-order valence-electron chi connectivity index (χ3n) is 3.73. The van der Waals surface area contributed by atoms with E-state index in [2.05, 4.69) is 30.3 Å². The van der Waals surface area contributed by atoms with Crippen LogP contribution < -0.4 is 0 Å². The maximum atomic E-state index is 10.6. The third-order valence-corrected chi connectivity index (χ3v) is 4.33. The van der Waals surface area contributed by atoms with Gasteiger partial charge >= 0.3 is 7.60 Å². The van der Waals surface area contributed by atoms with E-state index in [0.29, 0.717) is 0 Å². The summed E-state index contributed by atoms with van der Waals surface area (Å²) < 4.78 is 10.6. The summed E-state index contributed by atoms with van der Waals surface area (Å²) in [5.74, 6) is 1.01. The van der Waals surface area contributed by atoms with Crippen LogP contribution in [0.3, 0.4) is 0 Å². The first-order valence-electron chi connectivity index (χ1n) is 8.35. The van der Waals surface area contributed by atoms with Gasteiger partial charge in [-0.3, -0.25) is 4.57 Å². The Labute approximate surface area is 134 Å². The first kappa shape index (κ1) is 19.2. The summed E-state index contributed by atoms with van der Waals surface area (Å²) in [6.07, 6.45) is 13.4. The minimum Gasteiger partial charge on any atom is -0.321 e. The maximum Gasteiger partial charge on any atom is 0.348 e. The Morgan fingerprint density at radius 3 is 1.95 bits per heavy atom. The van der Waals surface area contributed by atoms with Gasteiger partial charge in [-0.1, -0.05) is 74.9 Å². The Morgan fingerprint density at radius 1 is 0.818 bits per heavy atom. The minimum atomic E-state index is -3.95. The van der Waals surface area contributed by atoms with E-state index in [1.807, 2.05) is 0 Å². The molecule has 0 spiro atoms. The molecule has 0 atom stereocenters. The second-order valence-electron chi connectivity index (χ2n) is 5.83. The Balaban J connectivity index is 1.84. The molecule has 0 aliphatic rings. The summed E-state index contributed by atoms with van der Waals surface area (Å²) >= 11 is 0. The van der Waals surface area contributed by atoms with Crippen molar-refractivity contribution in [2.75, 3.05) is 0 Å². The van der Waals surface area contributed by atoms with Crippen LogP contribution in [0.1, 0.15) is 63.4 Å². The molecule has 22 heavy (non-hydrogen) atoms. The fourth-order valence-corrected chi connectivity index (χ4v) is 2.93. The van der Waals surface area contributed by atoms with Gasteiger partial charge in [-0.2, -0.15) is 0 Å². The van der Waals surface area contributed by atoms with Gasteiger partial charge in [0.15, 0.2) is 0 Å². The van der Waals surface area contributed by atoms with Gasteiger partial charge in [0, 0.05) is 5.82 Å². The van der Waals surface area contributed by atoms with Crippen LogP contribution in [0.2, 0.25) is 0 Å². The van der Waals surface area contributed by atoms with E-state index in [0.717, 1.165) is 25.1 Å². The summed E-state index contributed by atoms with van der Waals surface area (Å²) in [5, 5.41) is 0. The molecule has 0 heterocycles. The van der Waals surface area contributed by atoms with Gasteiger partial charge in [0.25, 0.3) is 0 Å². The van der Waals surface area contributed by atoms with Crippen molar-refractivity contribution in [3.8, 4) is 0 Å². The number of rotatable bonds is 12. The van der Waals surface area contributed by atoms with Crippen LogP contribution in [-0.2, 0) is 11.0 Å². The Morgan fingerprint density at radius 2 is 1.36 bits per heavy atom. The maximum absolute atomic E-state index is 10.6. The van der Waals surface area contributed by atoms with Crippen LogP contribution in [0.15, 0.2) is 42.2 Å². The largest absolute Gasteiger partial charge is 0.348 e. The number of aryl methyl sites for hydroxylation is 1. The number of allylic oxidation sites excluding steroid dienone is 1. The van der Waals surface area contributed by atoms with Crippen LogP contribution >= 0.6 is 7.60 Å². The monoisotopic (exact) mass is 324 g/mol. The average molecular weight is 324 g/mol. The topological polar surface area (TPSA) is 57.5 Å². The molecular weight excluding hydrogens is 295 g/mol. The Hall–Kier alpha value is -0.890. The van der Waals surface area contributed by atoms with Crippen molar-refractivity contribution in [2.24, 2.45) is 0 Å². The first-order chi connectivity index (χ1) is 10.6. The zero-order valence-corrected chi connectivity index (χ0v) is 14.3. The second kappa shape index (κ2) is 11.6. The van der Waals surface area contributed by atoms with Crippen molar-refractivity contribution < 1.29 is 14.4 Å². The van der Waals surface area contributed by atoms with Crippen LogP contribution in [0.25, 0.3) is 0 Å². The standard InChI is InChI=1S/C18H29O3P/c19-22(20,21)17-13-8-6-4-2-1-3-5-7-10-14-18-15-11-9-12-16-18/h9,11-13,15-17H,1-8,10,14H2,(H2,19,20,21). The fourth-order valence-electron chi connectivity index (χ4n) is 2.51. The molecule has 1 rings (SSSR count). The Kier molecular flexibility index (Phi) is 10.1. The molecule has 0 unspecified atom stereocenters. The van der Waals surface area contributed by atoms with E-state index < -0.39 is 7.60 Å². The zero-order valence-electron chi connectivity index (χ0n) is 13.4. The summed E-state index contributed by atoms with van der Waals surface area (Å²) in [6, 6.07) is 10.7. The summed E-state index contributed by atoms with van der Waals surface area (Å²) in [5.41, 5.74) is 1.44. The zero-order chi connectivity index (χ0) is 16.1. The number of hydrogen-bond acceptors (Lipinski definition) is 1. The molecular formula is C18H29O3P. The van der Waals surface area contributed by atoms with Gasteiger partial charge < -0.3 is 9.79 Å². The van der Waals surface area contributed by atoms with Gasteiger partial charge in [-0.05, 0) is 31.2 Å². The molecule has 0 radical (unpaired) electrons. The van der Waals surface area contributed by atoms with Gasteiger partial charge in [0.1, 0.15) is 0 Å². The molecule has 4 heteroatoms. The quantitative estimate of drug-likeness (QED) is 0.398. The second-order valence-corrected chi connectivity index (χ2v) is 7.30. The average Bonchev–Trinajstić information content (AvgIpc) is 2.48. The van der Waals surface area contributed by atoms with Crippen LogP contribution in [0.5, 0.6) is 0 Å². The van der Waals surface area contributed by atoms with Crippen molar-refractivity contribution in [2.45, 2.75) is 64.2 Å². The molecule has 0 aromatic heterocycles. The highest BCUT2D eigenvalue weighted by Gasteiger charge is 2.04. The molecule has 0 amide bonds. The lowest BCUT2D eigenvalue weighted by molar-refractivity contribution is 0.386. The molecule has 2 N–H and O–H groups in total. The SMILES string of the molecule is O=P(O)(O)C=CCCCCCCCCCCc1ccccc1. The lowest BCUT2D eigenvalue weighted by Crippen LogP contribution is -1.86. The van der Waals surface area contributed by atoms with Crippen molar-refractivity contribution >= 4 is 7.60 Å². The molecule has 0 saturated heterocycles. The van der Waals surface area contributed by atoms with Crippen LogP contribution in [0, 0.1) is 0 Å². The van der Waals surface area contributed by atoms with Crippen LogP contribution in [-0.4, -0.2) is 9.79 Å². The van der Waals surface area contributed by atoms with E-state index >= 15 is 0 Å². The molecule has 1 aromatic carbocycles. The Bertz CT molecular complexity index is 451. The van der Waals surface area contributed by atoms with Crippen molar-refractivity contribution in [1.29, 1.82) is 0 Å². The molecule has 3 nitrogen and oxygen atoms in total. The predicted molar refractivity (Wildman–Crippen MR) is 92.9 cm³/mol. The third kappa shape index (κ3) is 11.7. The normalized spacial score (nSPS) is 12.1. The molecule has 124 valence electrons. The number of benzene rings is 1. The van der Waals surface area contributed by atoms with E-state index in [4.69, 9.17) is 9.79 Å². The van der Waals surface area contributed by atoms with E-state index in [1.54, 1.807) is 6.08 Å². The summed E-state index contributed by atoms with van der Waals surface area (Å²) in [7, 11) is -3.95. The molecule has 0 fully saturated rings. The van der Waals surface area contributed by atoms with Crippen molar-refractivity contribution in [3.63, 3.8) is 0 Å². The lowest BCUT2D eigenvalue weighted by Gasteiger charge is -2.02. The number of unbranched alkanes of at least 4 members (excludes halogenated alkanes) is 8. The first-order valence-corrected chi connectivity index (χ1v) is 10.0. The van der Waals surface area contributed by atoms with Gasteiger partial charge in [-0.25, -0.2) is 0 Å². The van der Waals surface area contributed by atoms with Crippen LogP contribution in [0.4, 0.5) is 0 Å². The van der Waals surface area contributed by atoms with Crippen molar-refractivity contribution in [1.82, 2.24) is 0 Å². The van der Waals surface area contributed by atoms with E-state index in [-0.39, 0.29) is 0 Å². The molecule has 0 aliphatic heterocycles. The highest BCUT2D eigenvalue weighted by molar-refractivity contribution is 7.55. The molecule has 1 aromatic rings. The molecule has 0 saturated carbocycles.